The summed E-state index contributed by atoms with van der Waals surface area (Å²) in [5, 5.41) is 3.23. The maximum Gasteiger partial charge on any atom is 0.339 e. The van der Waals surface area contributed by atoms with Crippen molar-refractivity contribution < 1.29 is 14.3 Å². The van der Waals surface area contributed by atoms with E-state index in [-0.39, 0.29) is 18.1 Å². The molecule has 2 rings (SSSR count). The molecule has 1 aromatic heterocycles. The molecule has 0 aliphatic rings. The Kier molecular flexibility index (Phi) is 4.93. The van der Waals surface area contributed by atoms with Crippen LogP contribution in [0.3, 0.4) is 0 Å². The summed E-state index contributed by atoms with van der Waals surface area (Å²) in [6, 6.07) is 8.10. The molecular weight excluding hydrogens is 284 g/mol. The summed E-state index contributed by atoms with van der Waals surface area (Å²) in [4.78, 5) is 37.9. The molecule has 2 aromatic rings. The predicted molar refractivity (Wildman–Crippen MR) is 82.7 cm³/mol. The van der Waals surface area contributed by atoms with Gasteiger partial charge in [-0.3, -0.25) is 9.59 Å². The van der Waals surface area contributed by atoms with Gasteiger partial charge in [0.25, 0.3) is 5.91 Å². The quantitative estimate of drug-likeness (QED) is 0.818. The van der Waals surface area contributed by atoms with E-state index in [9.17, 15) is 14.4 Å². The summed E-state index contributed by atoms with van der Waals surface area (Å²) in [5.41, 5.74) is 0.303. The van der Waals surface area contributed by atoms with Crippen molar-refractivity contribution in [3.8, 4) is 0 Å². The van der Waals surface area contributed by atoms with E-state index in [0.717, 1.165) is 0 Å². The minimum Gasteiger partial charge on any atom is -0.452 e. The smallest absolute Gasteiger partial charge is 0.339 e. The average molecular weight is 302 g/mol. The molecule has 0 atom stereocenters. The third kappa shape index (κ3) is 3.94. The van der Waals surface area contributed by atoms with Crippen molar-refractivity contribution in [2.45, 2.75) is 13.8 Å². The topological polar surface area (TPSA) is 88.3 Å². The SMILES string of the molecule is CC(C)CNC(=O)COC(=O)c1cc(=O)[nH]c2ccccc12. The van der Waals surface area contributed by atoms with Crippen molar-refractivity contribution in [2.75, 3.05) is 13.2 Å². The predicted octanol–water partition coefficient (Wildman–Crippen LogP) is 1.46. The lowest BCUT2D eigenvalue weighted by molar-refractivity contribution is -0.124. The van der Waals surface area contributed by atoms with Crippen LogP contribution in [0.25, 0.3) is 10.9 Å². The van der Waals surface area contributed by atoms with Crippen molar-refractivity contribution in [1.82, 2.24) is 10.3 Å². The van der Waals surface area contributed by atoms with Crippen molar-refractivity contribution in [2.24, 2.45) is 5.92 Å². The van der Waals surface area contributed by atoms with Gasteiger partial charge in [0.05, 0.1) is 5.56 Å². The lowest BCUT2D eigenvalue weighted by atomic mass is 10.1. The summed E-state index contributed by atoms with van der Waals surface area (Å²) in [6.07, 6.45) is 0. The Morgan fingerprint density at radius 3 is 2.73 bits per heavy atom. The first-order chi connectivity index (χ1) is 10.5. The van der Waals surface area contributed by atoms with E-state index in [4.69, 9.17) is 4.74 Å². The Hall–Kier alpha value is -2.63. The van der Waals surface area contributed by atoms with Gasteiger partial charge in [-0.05, 0) is 12.0 Å². The van der Waals surface area contributed by atoms with Gasteiger partial charge in [0.1, 0.15) is 0 Å². The summed E-state index contributed by atoms with van der Waals surface area (Å²) >= 11 is 0. The van der Waals surface area contributed by atoms with Gasteiger partial charge >= 0.3 is 5.97 Å². The van der Waals surface area contributed by atoms with E-state index >= 15 is 0 Å². The number of fused-ring (bicyclic) bond motifs is 1. The van der Waals surface area contributed by atoms with Crippen LogP contribution in [0.5, 0.6) is 0 Å². The monoisotopic (exact) mass is 302 g/mol. The van der Waals surface area contributed by atoms with Gasteiger partial charge in [-0.2, -0.15) is 0 Å². The van der Waals surface area contributed by atoms with Crippen LogP contribution in [0.2, 0.25) is 0 Å². The summed E-state index contributed by atoms with van der Waals surface area (Å²) < 4.78 is 4.98. The van der Waals surface area contributed by atoms with Crippen molar-refractivity contribution in [3.63, 3.8) is 0 Å². The van der Waals surface area contributed by atoms with Crippen molar-refractivity contribution in [3.05, 3.63) is 46.2 Å². The number of hydrogen-bond donors (Lipinski definition) is 2. The van der Waals surface area contributed by atoms with Crippen LogP contribution in [-0.2, 0) is 9.53 Å². The Bertz CT molecular complexity index is 749. The third-order valence-electron chi connectivity index (χ3n) is 3.01. The minimum absolute atomic E-state index is 0.149. The zero-order chi connectivity index (χ0) is 16.1. The van der Waals surface area contributed by atoms with E-state index < -0.39 is 11.5 Å². The molecule has 0 radical (unpaired) electrons. The molecule has 116 valence electrons. The normalized spacial score (nSPS) is 10.7. The second kappa shape index (κ2) is 6.89. The first-order valence-corrected chi connectivity index (χ1v) is 7.03. The van der Waals surface area contributed by atoms with E-state index in [1.54, 1.807) is 24.3 Å². The van der Waals surface area contributed by atoms with Crippen LogP contribution >= 0.6 is 0 Å². The van der Waals surface area contributed by atoms with Crippen LogP contribution in [0.4, 0.5) is 0 Å². The third-order valence-corrected chi connectivity index (χ3v) is 3.01. The van der Waals surface area contributed by atoms with Crippen LogP contribution in [0.1, 0.15) is 24.2 Å². The number of rotatable bonds is 5. The van der Waals surface area contributed by atoms with Gasteiger partial charge in [0.15, 0.2) is 6.61 Å². The molecule has 6 nitrogen and oxygen atoms in total. The van der Waals surface area contributed by atoms with E-state index in [1.165, 1.54) is 6.07 Å². The van der Waals surface area contributed by atoms with Crippen molar-refractivity contribution in [1.29, 1.82) is 0 Å². The summed E-state index contributed by atoms with van der Waals surface area (Å²) in [5.74, 6) is -0.741. The van der Waals surface area contributed by atoms with Crippen LogP contribution in [-0.4, -0.2) is 30.0 Å². The van der Waals surface area contributed by atoms with E-state index in [2.05, 4.69) is 10.3 Å². The molecule has 1 aromatic carbocycles. The van der Waals surface area contributed by atoms with Gasteiger partial charge in [0, 0.05) is 23.5 Å². The Morgan fingerprint density at radius 2 is 2.00 bits per heavy atom. The molecule has 0 aliphatic heterocycles. The van der Waals surface area contributed by atoms with Crippen LogP contribution in [0, 0.1) is 5.92 Å². The molecule has 0 aliphatic carbocycles. The maximum atomic E-state index is 12.1. The number of nitrogens with one attached hydrogen (secondary N) is 2. The molecule has 0 bridgehead atoms. The van der Waals surface area contributed by atoms with Gasteiger partial charge in [0.2, 0.25) is 5.56 Å². The number of hydrogen-bond acceptors (Lipinski definition) is 4. The number of pyridine rings is 1. The second-order valence-corrected chi connectivity index (χ2v) is 5.37. The van der Waals surface area contributed by atoms with Gasteiger partial charge in [-0.15, -0.1) is 0 Å². The van der Waals surface area contributed by atoms with E-state index in [1.807, 2.05) is 13.8 Å². The number of aromatic amines is 1. The fourth-order valence-electron chi connectivity index (χ4n) is 1.95. The highest BCUT2D eigenvalue weighted by Crippen LogP contribution is 2.15. The fourth-order valence-corrected chi connectivity index (χ4v) is 1.95. The first kappa shape index (κ1) is 15.8. The lowest BCUT2D eigenvalue weighted by Crippen LogP contribution is -2.31. The number of benzene rings is 1. The Morgan fingerprint density at radius 1 is 1.27 bits per heavy atom. The molecule has 0 saturated heterocycles. The van der Waals surface area contributed by atoms with E-state index in [0.29, 0.717) is 23.4 Å². The number of aromatic nitrogens is 1. The highest BCUT2D eigenvalue weighted by atomic mass is 16.5. The number of para-hydroxylation sites is 1. The number of esters is 1. The van der Waals surface area contributed by atoms with Crippen molar-refractivity contribution >= 4 is 22.8 Å². The number of carbonyl (C=O) groups is 2. The standard InChI is InChI=1S/C16H18N2O4/c1-10(2)8-17-15(20)9-22-16(21)12-7-14(19)18-13-6-4-3-5-11(12)13/h3-7,10H,8-9H2,1-2H3,(H,17,20)(H,18,19). The van der Waals surface area contributed by atoms with Gasteiger partial charge in [-0.1, -0.05) is 32.0 Å². The molecule has 1 amide bonds. The summed E-state index contributed by atoms with van der Waals surface area (Å²) in [7, 11) is 0. The molecule has 0 unspecified atom stereocenters. The fraction of sp³-hybridized carbons (Fsp3) is 0.312. The average Bonchev–Trinajstić information content (AvgIpc) is 2.49. The largest absolute Gasteiger partial charge is 0.452 e. The molecule has 1 heterocycles. The Balaban J connectivity index is 2.10. The highest BCUT2D eigenvalue weighted by Gasteiger charge is 2.14. The molecule has 0 saturated carbocycles. The highest BCUT2D eigenvalue weighted by molar-refractivity contribution is 6.03. The second-order valence-electron chi connectivity index (χ2n) is 5.37. The van der Waals surface area contributed by atoms with Crippen LogP contribution < -0.4 is 10.9 Å². The number of H-pyrrole nitrogens is 1. The minimum atomic E-state index is -0.693. The van der Waals surface area contributed by atoms with Gasteiger partial charge < -0.3 is 15.0 Å². The van der Waals surface area contributed by atoms with Gasteiger partial charge in [-0.25, -0.2) is 4.79 Å². The van der Waals surface area contributed by atoms with Crippen LogP contribution in [0.15, 0.2) is 35.1 Å². The molecule has 2 N–H and O–H groups in total. The zero-order valence-electron chi connectivity index (χ0n) is 12.5. The lowest BCUT2D eigenvalue weighted by Gasteiger charge is -2.09. The maximum absolute atomic E-state index is 12.1. The number of ether oxygens (including phenoxy) is 1. The molecule has 0 spiro atoms. The first-order valence-electron chi connectivity index (χ1n) is 7.03. The Labute approximate surface area is 127 Å². The number of carbonyl (C=O) groups excluding carboxylic acids is 2. The molecule has 6 heteroatoms. The number of amides is 1. The molecule has 0 fully saturated rings. The zero-order valence-corrected chi connectivity index (χ0v) is 12.5. The molecular formula is C16H18N2O4. The summed E-state index contributed by atoms with van der Waals surface area (Å²) in [6.45, 7) is 4.08. The molecule has 22 heavy (non-hydrogen) atoms.